The fourth-order valence-corrected chi connectivity index (χ4v) is 2.42. The van der Waals surface area contributed by atoms with Crippen LogP contribution in [-0.2, 0) is 6.42 Å². The molecule has 0 saturated heterocycles. The van der Waals surface area contributed by atoms with E-state index in [-0.39, 0.29) is 0 Å². The summed E-state index contributed by atoms with van der Waals surface area (Å²) in [4.78, 5) is 1.48. The van der Waals surface area contributed by atoms with Crippen LogP contribution >= 0.6 is 11.3 Å². The molecule has 14 heavy (non-hydrogen) atoms. The number of benzene rings is 1. The van der Waals surface area contributed by atoms with E-state index in [9.17, 15) is 0 Å². The maximum Gasteiger partial charge on any atom is 0.0118 e. The van der Waals surface area contributed by atoms with E-state index in [1.807, 2.05) is 11.3 Å². The largest absolute Gasteiger partial charge is 0.148 e. The normalized spacial score (nSPS) is 10.4. The summed E-state index contributed by atoms with van der Waals surface area (Å²) in [6.07, 6.45) is 1.07. The van der Waals surface area contributed by atoms with Crippen molar-refractivity contribution in [3.63, 3.8) is 0 Å². The Morgan fingerprint density at radius 3 is 2.29 bits per heavy atom. The maximum atomic E-state index is 2.22. The van der Waals surface area contributed by atoms with Gasteiger partial charge >= 0.3 is 0 Å². The van der Waals surface area contributed by atoms with Gasteiger partial charge < -0.3 is 0 Å². The molecule has 0 amide bonds. The van der Waals surface area contributed by atoms with Gasteiger partial charge in [0.2, 0.25) is 0 Å². The predicted octanol–water partition coefficient (Wildman–Crippen LogP) is 3.96. The van der Waals surface area contributed by atoms with Crippen LogP contribution in [0.4, 0.5) is 0 Å². The lowest BCUT2D eigenvalue weighted by atomic mass is 10.1. The highest BCUT2D eigenvalue weighted by Crippen LogP contribution is 2.19. The summed E-state index contributed by atoms with van der Waals surface area (Å²) in [5.41, 5.74) is 4.15. The Kier molecular flexibility index (Phi) is 2.69. The van der Waals surface area contributed by atoms with E-state index in [2.05, 4.69) is 49.6 Å². The fraction of sp³-hybridized carbons (Fsp3) is 0.231. The molecule has 1 aromatic carbocycles. The van der Waals surface area contributed by atoms with E-state index >= 15 is 0 Å². The average molecular weight is 202 g/mol. The van der Waals surface area contributed by atoms with Gasteiger partial charge in [0, 0.05) is 11.3 Å². The van der Waals surface area contributed by atoms with Crippen molar-refractivity contribution in [1.82, 2.24) is 0 Å². The summed E-state index contributed by atoms with van der Waals surface area (Å²) in [5.74, 6) is 0. The minimum absolute atomic E-state index is 1.07. The zero-order valence-corrected chi connectivity index (χ0v) is 9.40. The van der Waals surface area contributed by atoms with Gasteiger partial charge in [0.1, 0.15) is 0 Å². The fourth-order valence-electron chi connectivity index (χ4n) is 1.48. The number of thiophene rings is 1. The topological polar surface area (TPSA) is 0 Å². The first-order chi connectivity index (χ1) is 6.75. The minimum atomic E-state index is 1.07. The minimum Gasteiger partial charge on any atom is -0.148 e. The Labute approximate surface area is 89.2 Å². The third-order valence-electron chi connectivity index (χ3n) is 2.45. The van der Waals surface area contributed by atoms with Crippen molar-refractivity contribution in [1.29, 1.82) is 0 Å². The highest BCUT2D eigenvalue weighted by atomic mass is 32.1. The standard InChI is InChI=1S/C13H14S/c1-10-3-5-12(6-4-10)9-13-11(2)7-8-14-13/h3-8H,9H2,1-2H3. The summed E-state index contributed by atoms with van der Waals surface area (Å²) in [6, 6.07) is 11.0. The first-order valence-corrected chi connectivity index (χ1v) is 5.72. The number of hydrogen-bond donors (Lipinski definition) is 0. The molecule has 2 rings (SSSR count). The smallest absolute Gasteiger partial charge is 0.0118 e. The van der Waals surface area contributed by atoms with Crippen molar-refractivity contribution in [3.8, 4) is 0 Å². The Morgan fingerprint density at radius 1 is 1.00 bits per heavy atom. The van der Waals surface area contributed by atoms with Gasteiger partial charge in [-0.25, -0.2) is 0 Å². The molecule has 1 heteroatoms. The van der Waals surface area contributed by atoms with E-state index in [0.29, 0.717) is 0 Å². The van der Waals surface area contributed by atoms with Crippen molar-refractivity contribution < 1.29 is 0 Å². The molecular formula is C13H14S. The molecule has 0 radical (unpaired) electrons. The first-order valence-electron chi connectivity index (χ1n) is 4.84. The zero-order valence-electron chi connectivity index (χ0n) is 8.58. The summed E-state index contributed by atoms with van der Waals surface area (Å²) in [7, 11) is 0. The van der Waals surface area contributed by atoms with Crippen molar-refractivity contribution in [3.05, 3.63) is 57.3 Å². The SMILES string of the molecule is Cc1ccc(Cc2sccc2C)cc1. The van der Waals surface area contributed by atoms with Gasteiger partial charge in [-0.2, -0.15) is 0 Å². The Hall–Kier alpha value is -1.08. The number of aryl methyl sites for hydroxylation is 2. The van der Waals surface area contributed by atoms with Crippen LogP contribution in [0.2, 0.25) is 0 Å². The maximum absolute atomic E-state index is 2.22. The molecule has 0 nitrogen and oxygen atoms in total. The Balaban J connectivity index is 2.19. The lowest BCUT2D eigenvalue weighted by molar-refractivity contribution is 1.20. The molecular weight excluding hydrogens is 188 g/mol. The second-order valence-electron chi connectivity index (χ2n) is 3.69. The average Bonchev–Trinajstić information content (AvgIpc) is 2.56. The van der Waals surface area contributed by atoms with Gasteiger partial charge in [0.15, 0.2) is 0 Å². The molecule has 1 heterocycles. The molecule has 0 spiro atoms. The third kappa shape index (κ3) is 2.05. The third-order valence-corrected chi connectivity index (χ3v) is 3.48. The van der Waals surface area contributed by atoms with Gasteiger partial charge in [0.25, 0.3) is 0 Å². The summed E-state index contributed by atoms with van der Waals surface area (Å²) in [6.45, 7) is 4.31. The van der Waals surface area contributed by atoms with Crippen LogP contribution in [-0.4, -0.2) is 0 Å². The van der Waals surface area contributed by atoms with Crippen LogP contribution in [0.15, 0.2) is 35.7 Å². The molecule has 0 N–H and O–H groups in total. The van der Waals surface area contributed by atoms with Gasteiger partial charge in [-0.05, 0) is 36.4 Å². The molecule has 0 aliphatic heterocycles. The van der Waals surface area contributed by atoms with E-state index in [4.69, 9.17) is 0 Å². The van der Waals surface area contributed by atoms with Crippen molar-refractivity contribution in [2.24, 2.45) is 0 Å². The molecule has 1 aromatic heterocycles. The molecule has 2 aromatic rings. The van der Waals surface area contributed by atoms with Crippen LogP contribution in [0.25, 0.3) is 0 Å². The van der Waals surface area contributed by atoms with E-state index in [1.54, 1.807) is 0 Å². The summed E-state index contributed by atoms with van der Waals surface area (Å²) >= 11 is 1.85. The second-order valence-corrected chi connectivity index (χ2v) is 4.69. The Morgan fingerprint density at radius 2 is 1.71 bits per heavy atom. The van der Waals surface area contributed by atoms with Gasteiger partial charge in [0.05, 0.1) is 0 Å². The van der Waals surface area contributed by atoms with Gasteiger partial charge in [-0.15, -0.1) is 11.3 Å². The Bertz CT molecular complexity index is 409. The molecule has 0 aliphatic carbocycles. The van der Waals surface area contributed by atoms with Crippen LogP contribution in [0.5, 0.6) is 0 Å². The van der Waals surface area contributed by atoms with Crippen LogP contribution in [0.1, 0.15) is 21.6 Å². The van der Waals surface area contributed by atoms with Crippen molar-refractivity contribution in [2.45, 2.75) is 20.3 Å². The summed E-state index contributed by atoms with van der Waals surface area (Å²) in [5, 5.41) is 2.17. The molecule has 72 valence electrons. The van der Waals surface area contributed by atoms with Crippen molar-refractivity contribution in [2.75, 3.05) is 0 Å². The molecule has 0 unspecified atom stereocenters. The van der Waals surface area contributed by atoms with Gasteiger partial charge in [-0.3, -0.25) is 0 Å². The number of rotatable bonds is 2. The highest BCUT2D eigenvalue weighted by molar-refractivity contribution is 7.10. The molecule has 0 bridgehead atoms. The quantitative estimate of drug-likeness (QED) is 0.691. The van der Waals surface area contributed by atoms with Crippen molar-refractivity contribution >= 4 is 11.3 Å². The van der Waals surface area contributed by atoms with Crippen LogP contribution < -0.4 is 0 Å². The van der Waals surface area contributed by atoms with E-state index in [1.165, 1.54) is 21.6 Å². The monoisotopic (exact) mass is 202 g/mol. The lowest BCUT2D eigenvalue weighted by Gasteiger charge is -2.01. The number of hydrogen-bond acceptors (Lipinski definition) is 1. The van der Waals surface area contributed by atoms with E-state index < -0.39 is 0 Å². The van der Waals surface area contributed by atoms with E-state index in [0.717, 1.165) is 6.42 Å². The molecule has 0 aliphatic rings. The highest BCUT2D eigenvalue weighted by Gasteiger charge is 2.00. The van der Waals surface area contributed by atoms with Crippen LogP contribution in [0, 0.1) is 13.8 Å². The second kappa shape index (κ2) is 3.97. The summed E-state index contributed by atoms with van der Waals surface area (Å²) < 4.78 is 0. The van der Waals surface area contributed by atoms with Gasteiger partial charge in [-0.1, -0.05) is 29.8 Å². The lowest BCUT2D eigenvalue weighted by Crippen LogP contribution is -1.86. The predicted molar refractivity (Wildman–Crippen MR) is 63.0 cm³/mol. The van der Waals surface area contributed by atoms with Crippen LogP contribution in [0.3, 0.4) is 0 Å². The molecule has 0 atom stereocenters. The molecule has 0 saturated carbocycles. The zero-order chi connectivity index (χ0) is 9.97. The first kappa shape index (κ1) is 9.47. The molecule has 0 fully saturated rings.